The number of rotatable bonds is 6. The molecule has 0 bridgehead atoms. The number of ether oxygens (including phenoxy) is 1. The third kappa shape index (κ3) is 4.15. The van der Waals surface area contributed by atoms with Gasteiger partial charge in [-0.3, -0.25) is 19.4 Å². The number of pyridine rings is 1. The van der Waals surface area contributed by atoms with Crippen molar-refractivity contribution in [1.82, 2.24) is 29.8 Å². The van der Waals surface area contributed by atoms with E-state index in [4.69, 9.17) is 10.5 Å². The number of nitrogens with two attached hydrogens (primary N) is 1. The summed E-state index contributed by atoms with van der Waals surface area (Å²) in [5.74, 6) is 0.623. The number of likely N-dealkylation sites (tertiary alicyclic amines) is 1. The molecule has 2 saturated heterocycles. The molecule has 4 heterocycles. The quantitative estimate of drug-likeness (QED) is 0.772. The minimum absolute atomic E-state index is 0.204. The largest absolute Gasteiger partial charge is 0.397 e. The van der Waals surface area contributed by atoms with Gasteiger partial charge in [0.25, 0.3) is 0 Å². The van der Waals surface area contributed by atoms with Crippen molar-refractivity contribution in [3.63, 3.8) is 0 Å². The predicted molar refractivity (Wildman–Crippen MR) is 104 cm³/mol. The number of carbonyl (C=O) groups is 1. The fourth-order valence-electron chi connectivity index (χ4n) is 3.90. The summed E-state index contributed by atoms with van der Waals surface area (Å²) in [5.41, 5.74) is 7.99. The van der Waals surface area contributed by atoms with E-state index < -0.39 is 0 Å². The molecule has 0 radical (unpaired) electrons. The fraction of sp³-hybridized carbons (Fsp3) is 0.579. The second-order valence-corrected chi connectivity index (χ2v) is 7.56. The van der Waals surface area contributed by atoms with Crippen molar-refractivity contribution in [2.75, 3.05) is 45.1 Å². The number of carbonyl (C=O) groups excluding carboxylic acids is 1. The number of hydrogen-bond donors (Lipinski definition) is 1. The zero-order valence-electron chi connectivity index (χ0n) is 16.2. The van der Waals surface area contributed by atoms with E-state index in [0.29, 0.717) is 24.6 Å². The maximum Gasteiger partial charge on any atom is 0.224 e. The van der Waals surface area contributed by atoms with Crippen LogP contribution < -0.4 is 5.73 Å². The number of likely N-dealkylation sites (N-methyl/N-ethyl adjacent to an activating group) is 1. The zero-order chi connectivity index (χ0) is 19.5. The van der Waals surface area contributed by atoms with Crippen LogP contribution in [0.1, 0.15) is 13.3 Å². The van der Waals surface area contributed by atoms with E-state index in [9.17, 15) is 4.79 Å². The lowest BCUT2D eigenvalue weighted by molar-refractivity contribution is -0.141. The van der Waals surface area contributed by atoms with Crippen LogP contribution in [-0.4, -0.2) is 81.1 Å². The summed E-state index contributed by atoms with van der Waals surface area (Å²) in [6.07, 6.45) is 5.77. The van der Waals surface area contributed by atoms with Crippen molar-refractivity contribution in [3.8, 4) is 11.3 Å². The van der Waals surface area contributed by atoms with Gasteiger partial charge < -0.3 is 15.4 Å². The van der Waals surface area contributed by atoms with Crippen molar-refractivity contribution >= 4 is 11.6 Å². The lowest BCUT2D eigenvalue weighted by Gasteiger charge is -2.41. The molecule has 0 aliphatic carbocycles. The Morgan fingerprint density at radius 2 is 2.21 bits per heavy atom. The summed E-state index contributed by atoms with van der Waals surface area (Å²) < 4.78 is 7.38. The molecular formula is C19H27N7O2. The molecule has 0 spiro atoms. The first-order valence-electron chi connectivity index (χ1n) is 9.83. The topological polar surface area (TPSA) is 102 Å². The van der Waals surface area contributed by atoms with Crippen LogP contribution in [0.15, 0.2) is 24.7 Å². The number of hydrogen-bond acceptors (Lipinski definition) is 7. The Morgan fingerprint density at radius 3 is 3.00 bits per heavy atom. The SMILES string of the molecule is CCN1CCOCC1CC(=O)N1CC(Cn2cc(-c3cncc(N)c3)nn2)C1. The standard InChI is InChI=1S/C19H27N7O2/c1-2-24-3-4-28-13-17(24)6-19(27)25-9-14(10-25)11-26-12-18(22-23-26)15-5-16(20)8-21-7-15/h5,7-8,12,14,17H,2-4,6,9-11,13,20H2,1H3. The fourth-order valence-corrected chi connectivity index (χ4v) is 3.90. The molecule has 2 aliphatic rings. The summed E-state index contributed by atoms with van der Waals surface area (Å²) in [7, 11) is 0. The smallest absolute Gasteiger partial charge is 0.224 e. The van der Waals surface area contributed by atoms with E-state index in [1.807, 2.05) is 21.8 Å². The average Bonchev–Trinajstić information content (AvgIpc) is 3.13. The molecule has 4 rings (SSSR count). The molecule has 9 nitrogen and oxygen atoms in total. The van der Waals surface area contributed by atoms with Gasteiger partial charge in [-0.05, 0) is 12.6 Å². The maximum atomic E-state index is 12.6. The van der Waals surface area contributed by atoms with Crippen molar-refractivity contribution in [2.24, 2.45) is 5.92 Å². The van der Waals surface area contributed by atoms with Gasteiger partial charge in [0.05, 0.1) is 25.1 Å². The summed E-state index contributed by atoms with van der Waals surface area (Å²) in [6.45, 7) is 7.71. The van der Waals surface area contributed by atoms with Crippen LogP contribution in [0.4, 0.5) is 5.69 Å². The molecule has 1 unspecified atom stereocenters. The highest BCUT2D eigenvalue weighted by Gasteiger charge is 2.33. The van der Waals surface area contributed by atoms with Crippen molar-refractivity contribution in [3.05, 3.63) is 24.7 Å². The molecule has 1 amide bonds. The van der Waals surface area contributed by atoms with Crippen LogP contribution in [0.3, 0.4) is 0 Å². The highest BCUT2D eigenvalue weighted by atomic mass is 16.5. The molecule has 2 aromatic heterocycles. The van der Waals surface area contributed by atoms with Gasteiger partial charge in [0.2, 0.25) is 5.91 Å². The van der Waals surface area contributed by atoms with Gasteiger partial charge in [-0.1, -0.05) is 12.1 Å². The normalized spacial score (nSPS) is 20.9. The Bertz CT molecular complexity index is 818. The molecule has 28 heavy (non-hydrogen) atoms. The monoisotopic (exact) mass is 385 g/mol. The van der Waals surface area contributed by atoms with Crippen LogP contribution in [0, 0.1) is 5.92 Å². The Balaban J connectivity index is 1.26. The number of morpholine rings is 1. The van der Waals surface area contributed by atoms with Crippen LogP contribution >= 0.6 is 0 Å². The molecule has 2 aliphatic heterocycles. The molecule has 0 aromatic carbocycles. The van der Waals surface area contributed by atoms with E-state index >= 15 is 0 Å². The van der Waals surface area contributed by atoms with E-state index in [1.165, 1.54) is 0 Å². The Kier molecular flexibility index (Phi) is 5.54. The molecule has 1 atom stereocenters. The van der Waals surface area contributed by atoms with Gasteiger partial charge in [-0.25, -0.2) is 0 Å². The van der Waals surface area contributed by atoms with E-state index in [-0.39, 0.29) is 11.9 Å². The van der Waals surface area contributed by atoms with Gasteiger partial charge >= 0.3 is 0 Å². The molecule has 2 fully saturated rings. The average molecular weight is 385 g/mol. The van der Waals surface area contributed by atoms with Gasteiger partial charge in [0.1, 0.15) is 5.69 Å². The maximum absolute atomic E-state index is 12.6. The summed E-state index contributed by atoms with van der Waals surface area (Å²) >= 11 is 0. The first-order valence-corrected chi connectivity index (χ1v) is 9.83. The summed E-state index contributed by atoms with van der Waals surface area (Å²) in [5, 5.41) is 8.41. The number of aromatic nitrogens is 4. The van der Waals surface area contributed by atoms with E-state index in [0.717, 1.165) is 50.6 Å². The Labute approximate surface area is 164 Å². The van der Waals surface area contributed by atoms with E-state index in [1.54, 1.807) is 12.4 Å². The van der Waals surface area contributed by atoms with Crippen LogP contribution in [0.25, 0.3) is 11.3 Å². The molecule has 2 aromatic rings. The number of nitrogens with zero attached hydrogens (tertiary/aromatic N) is 6. The number of anilines is 1. The second-order valence-electron chi connectivity index (χ2n) is 7.56. The highest BCUT2D eigenvalue weighted by Crippen LogP contribution is 2.22. The molecule has 9 heteroatoms. The van der Waals surface area contributed by atoms with Gasteiger partial charge in [0.15, 0.2) is 0 Å². The summed E-state index contributed by atoms with van der Waals surface area (Å²) in [4.78, 5) is 20.9. The van der Waals surface area contributed by atoms with Crippen LogP contribution in [-0.2, 0) is 16.1 Å². The Hall–Kier alpha value is -2.52. The third-order valence-corrected chi connectivity index (χ3v) is 5.51. The Morgan fingerprint density at radius 1 is 1.36 bits per heavy atom. The number of amides is 1. The first-order chi connectivity index (χ1) is 13.6. The number of nitrogen functional groups attached to an aromatic ring is 1. The molecule has 0 saturated carbocycles. The lowest BCUT2D eigenvalue weighted by Crippen LogP contribution is -2.54. The minimum Gasteiger partial charge on any atom is -0.397 e. The second kappa shape index (κ2) is 8.24. The zero-order valence-corrected chi connectivity index (χ0v) is 16.2. The predicted octanol–water partition coefficient (Wildman–Crippen LogP) is 0.492. The lowest BCUT2D eigenvalue weighted by atomic mass is 9.98. The van der Waals surface area contributed by atoms with Crippen molar-refractivity contribution in [1.29, 1.82) is 0 Å². The molecule has 150 valence electrons. The van der Waals surface area contributed by atoms with Crippen molar-refractivity contribution in [2.45, 2.75) is 25.9 Å². The first kappa shape index (κ1) is 18.8. The van der Waals surface area contributed by atoms with Crippen molar-refractivity contribution < 1.29 is 9.53 Å². The van der Waals surface area contributed by atoms with Crippen LogP contribution in [0.5, 0.6) is 0 Å². The highest BCUT2D eigenvalue weighted by molar-refractivity contribution is 5.77. The van der Waals surface area contributed by atoms with E-state index in [2.05, 4.69) is 27.1 Å². The summed E-state index contributed by atoms with van der Waals surface area (Å²) in [6, 6.07) is 2.04. The molecule has 2 N–H and O–H groups in total. The van der Waals surface area contributed by atoms with Crippen LogP contribution in [0.2, 0.25) is 0 Å². The minimum atomic E-state index is 0.204. The molecular weight excluding hydrogens is 358 g/mol. The van der Waals surface area contributed by atoms with Gasteiger partial charge in [-0.2, -0.15) is 0 Å². The third-order valence-electron chi connectivity index (χ3n) is 5.51. The van der Waals surface area contributed by atoms with Gasteiger partial charge in [-0.15, -0.1) is 5.10 Å². The van der Waals surface area contributed by atoms with Gasteiger partial charge in [0, 0.05) is 62.5 Å².